The van der Waals surface area contributed by atoms with Crippen LogP contribution in [0.1, 0.15) is 38.5 Å². The van der Waals surface area contributed by atoms with Crippen molar-refractivity contribution in [3.63, 3.8) is 0 Å². The molecule has 0 aromatic rings. The molecule has 0 amide bonds. The smallest absolute Gasteiger partial charge is 0.331 e. The fourth-order valence-electron chi connectivity index (χ4n) is 1.97. The van der Waals surface area contributed by atoms with Gasteiger partial charge in [0.1, 0.15) is 0 Å². The summed E-state index contributed by atoms with van der Waals surface area (Å²) in [6.45, 7) is 3.57. The molecule has 0 unspecified atom stereocenters. The van der Waals surface area contributed by atoms with Gasteiger partial charge in [-0.25, -0.2) is 4.79 Å². The molecule has 1 aliphatic rings. The molecule has 0 aromatic heterocycles. The molecule has 1 N–H and O–H groups in total. The van der Waals surface area contributed by atoms with Crippen LogP contribution < -0.4 is 0 Å². The molecule has 0 spiro atoms. The normalized spacial score (nSPS) is 19.3. The van der Waals surface area contributed by atoms with E-state index in [2.05, 4.69) is 6.58 Å². The summed E-state index contributed by atoms with van der Waals surface area (Å²) in [5.41, 5.74) is 0.506. The van der Waals surface area contributed by atoms with E-state index in [-0.39, 0.29) is 0 Å². The maximum absolute atomic E-state index is 10.8. The highest BCUT2D eigenvalue weighted by Crippen LogP contribution is 2.26. The Morgan fingerprint density at radius 3 is 2.50 bits per heavy atom. The third kappa shape index (κ3) is 3.36. The number of hydrogen-bond acceptors (Lipinski definition) is 1. The van der Waals surface area contributed by atoms with Gasteiger partial charge in [-0.05, 0) is 25.2 Å². The van der Waals surface area contributed by atoms with Crippen LogP contribution >= 0.6 is 0 Å². The van der Waals surface area contributed by atoms with Crippen LogP contribution in [0.4, 0.5) is 0 Å². The number of rotatable bonds is 4. The molecule has 0 atom stereocenters. The fourth-order valence-corrected chi connectivity index (χ4v) is 1.97. The van der Waals surface area contributed by atoms with E-state index in [1.165, 1.54) is 19.3 Å². The molecule has 1 rings (SSSR count). The second-order valence-corrected chi connectivity index (χ2v) is 3.89. The van der Waals surface area contributed by atoms with Crippen molar-refractivity contribution in [2.75, 3.05) is 0 Å². The fraction of sp³-hybridized carbons (Fsp3) is 0.583. The third-order valence-corrected chi connectivity index (χ3v) is 2.73. The number of hydrogen-bond donors (Lipinski definition) is 1. The maximum Gasteiger partial charge on any atom is 0.331 e. The molecule has 78 valence electrons. The van der Waals surface area contributed by atoms with Crippen molar-refractivity contribution in [2.24, 2.45) is 5.92 Å². The summed E-state index contributed by atoms with van der Waals surface area (Å²) in [4.78, 5) is 10.8. The average Bonchev–Trinajstić information content (AvgIpc) is 2.18. The van der Waals surface area contributed by atoms with Gasteiger partial charge in [0.15, 0.2) is 0 Å². The Hall–Kier alpha value is -1.05. The van der Waals surface area contributed by atoms with Gasteiger partial charge in [-0.3, -0.25) is 0 Å². The second kappa shape index (κ2) is 5.63. The Kier molecular flexibility index (Phi) is 4.44. The Bertz CT molecular complexity index is 235. The van der Waals surface area contributed by atoms with E-state index >= 15 is 0 Å². The van der Waals surface area contributed by atoms with E-state index in [4.69, 9.17) is 5.11 Å². The molecular formula is C12H18O2. The monoisotopic (exact) mass is 194 g/mol. The van der Waals surface area contributed by atoms with E-state index < -0.39 is 5.97 Å². The zero-order valence-electron chi connectivity index (χ0n) is 8.54. The van der Waals surface area contributed by atoms with E-state index in [1.807, 2.05) is 6.08 Å². The molecule has 2 nitrogen and oxygen atoms in total. The Labute approximate surface area is 85.3 Å². The summed E-state index contributed by atoms with van der Waals surface area (Å²) in [7, 11) is 0. The summed E-state index contributed by atoms with van der Waals surface area (Å²) in [5, 5.41) is 8.92. The van der Waals surface area contributed by atoms with E-state index in [0.29, 0.717) is 17.9 Å². The van der Waals surface area contributed by atoms with Crippen molar-refractivity contribution in [3.8, 4) is 0 Å². The highest BCUT2D eigenvalue weighted by Gasteiger charge is 2.14. The van der Waals surface area contributed by atoms with E-state index in [9.17, 15) is 4.79 Å². The number of allylic oxidation sites excluding steroid dienone is 2. The van der Waals surface area contributed by atoms with Crippen molar-refractivity contribution in [2.45, 2.75) is 38.5 Å². The van der Waals surface area contributed by atoms with Crippen LogP contribution in [0.3, 0.4) is 0 Å². The van der Waals surface area contributed by atoms with Gasteiger partial charge >= 0.3 is 5.97 Å². The summed E-state index contributed by atoms with van der Waals surface area (Å²) < 4.78 is 0. The number of carboxylic acid groups (broad SMARTS) is 1. The Morgan fingerprint density at radius 1 is 1.36 bits per heavy atom. The van der Waals surface area contributed by atoms with Gasteiger partial charge in [-0.1, -0.05) is 31.4 Å². The largest absolute Gasteiger partial charge is 0.478 e. The van der Waals surface area contributed by atoms with E-state index in [1.54, 1.807) is 6.08 Å². The summed E-state index contributed by atoms with van der Waals surface area (Å²) in [6.07, 6.45) is 10.1. The van der Waals surface area contributed by atoms with Crippen molar-refractivity contribution < 1.29 is 9.90 Å². The molecule has 0 heterocycles. The summed E-state index contributed by atoms with van der Waals surface area (Å²) >= 11 is 0. The first-order valence-electron chi connectivity index (χ1n) is 5.29. The quantitative estimate of drug-likeness (QED) is 0.551. The van der Waals surface area contributed by atoms with Gasteiger partial charge in [-0.2, -0.15) is 0 Å². The summed E-state index contributed by atoms with van der Waals surface area (Å²) in [6, 6.07) is 0. The van der Waals surface area contributed by atoms with Gasteiger partial charge in [0.25, 0.3) is 0 Å². The highest BCUT2D eigenvalue weighted by molar-refractivity contribution is 5.86. The second-order valence-electron chi connectivity index (χ2n) is 3.89. The Morgan fingerprint density at radius 2 is 2.00 bits per heavy atom. The lowest BCUT2D eigenvalue weighted by Crippen LogP contribution is -2.07. The zero-order chi connectivity index (χ0) is 10.4. The topological polar surface area (TPSA) is 37.3 Å². The first kappa shape index (κ1) is 11.0. The predicted octanol–water partition coefficient (Wildman–Crippen LogP) is 3.15. The zero-order valence-corrected chi connectivity index (χ0v) is 8.54. The van der Waals surface area contributed by atoms with Crippen molar-refractivity contribution >= 4 is 5.97 Å². The molecule has 14 heavy (non-hydrogen) atoms. The number of carbonyl (C=O) groups is 1. The highest BCUT2D eigenvalue weighted by atomic mass is 16.4. The maximum atomic E-state index is 10.8. The average molecular weight is 194 g/mol. The number of aliphatic carboxylic acids is 1. The van der Waals surface area contributed by atoms with Crippen LogP contribution in [0.2, 0.25) is 0 Å². The van der Waals surface area contributed by atoms with Crippen molar-refractivity contribution in [1.29, 1.82) is 0 Å². The molecule has 1 aliphatic carbocycles. The van der Waals surface area contributed by atoms with Crippen LogP contribution in [0, 0.1) is 5.92 Å². The molecular weight excluding hydrogens is 176 g/mol. The lowest BCUT2D eigenvalue weighted by atomic mass is 9.87. The standard InChI is InChI=1S/C12H18O2/c1-2-6-11(12(13)14)9-10-7-4-3-5-8-10/h2,9-10H,1,3-8H2,(H,13,14). The van der Waals surface area contributed by atoms with Crippen LogP contribution in [0.25, 0.3) is 0 Å². The molecule has 0 saturated heterocycles. The van der Waals surface area contributed by atoms with E-state index in [0.717, 1.165) is 12.8 Å². The minimum Gasteiger partial charge on any atom is -0.478 e. The third-order valence-electron chi connectivity index (χ3n) is 2.73. The van der Waals surface area contributed by atoms with Crippen LogP contribution in [-0.4, -0.2) is 11.1 Å². The lowest BCUT2D eigenvalue weighted by Gasteiger charge is -2.18. The molecule has 1 fully saturated rings. The van der Waals surface area contributed by atoms with Crippen LogP contribution in [-0.2, 0) is 4.79 Å². The summed E-state index contributed by atoms with van der Waals surface area (Å²) in [5.74, 6) is -0.315. The molecule has 0 aliphatic heterocycles. The van der Waals surface area contributed by atoms with Gasteiger partial charge in [0.2, 0.25) is 0 Å². The van der Waals surface area contributed by atoms with Gasteiger partial charge < -0.3 is 5.11 Å². The molecule has 0 bridgehead atoms. The molecule has 0 radical (unpaired) electrons. The van der Waals surface area contributed by atoms with Gasteiger partial charge in [-0.15, -0.1) is 6.58 Å². The molecule has 2 heteroatoms. The minimum absolute atomic E-state index is 0.478. The van der Waals surface area contributed by atoms with Crippen LogP contribution in [0.5, 0.6) is 0 Å². The lowest BCUT2D eigenvalue weighted by molar-refractivity contribution is -0.132. The first-order valence-corrected chi connectivity index (χ1v) is 5.29. The van der Waals surface area contributed by atoms with Gasteiger partial charge in [0, 0.05) is 5.57 Å². The van der Waals surface area contributed by atoms with Crippen LogP contribution in [0.15, 0.2) is 24.3 Å². The number of carboxylic acids is 1. The van der Waals surface area contributed by atoms with Gasteiger partial charge in [0.05, 0.1) is 0 Å². The Balaban J connectivity index is 2.59. The SMILES string of the molecule is C=CCC(=CC1CCCCC1)C(=O)O. The first-order chi connectivity index (χ1) is 6.74. The predicted molar refractivity (Wildman–Crippen MR) is 57.1 cm³/mol. The molecule has 0 aromatic carbocycles. The molecule has 1 saturated carbocycles. The van der Waals surface area contributed by atoms with Crippen molar-refractivity contribution in [1.82, 2.24) is 0 Å². The van der Waals surface area contributed by atoms with Crippen molar-refractivity contribution in [3.05, 3.63) is 24.3 Å². The minimum atomic E-state index is -0.796.